The summed E-state index contributed by atoms with van der Waals surface area (Å²) < 4.78 is 15.9. The molecule has 2 rings (SSSR count). The number of amides is 2. The van der Waals surface area contributed by atoms with Gasteiger partial charge in [0, 0.05) is 31.5 Å². The van der Waals surface area contributed by atoms with Crippen molar-refractivity contribution in [3.63, 3.8) is 0 Å². The third kappa shape index (κ3) is 8.00. The molecule has 1 fully saturated rings. The van der Waals surface area contributed by atoms with Gasteiger partial charge in [0.2, 0.25) is 11.8 Å². The molecule has 0 aliphatic carbocycles. The monoisotopic (exact) mass is 421 g/mol. The highest BCUT2D eigenvalue weighted by molar-refractivity contribution is 5.93. The summed E-state index contributed by atoms with van der Waals surface area (Å²) >= 11 is 0. The summed E-state index contributed by atoms with van der Waals surface area (Å²) in [4.78, 5) is 38.4. The first kappa shape index (κ1) is 23.6. The lowest BCUT2D eigenvalue weighted by Gasteiger charge is -2.33. The molecule has 0 aromatic heterocycles. The molecule has 0 radical (unpaired) electrons. The van der Waals surface area contributed by atoms with Crippen molar-refractivity contribution in [2.75, 3.05) is 51.4 Å². The van der Waals surface area contributed by atoms with Crippen LogP contribution in [0, 0.1) is 0 Å². The average Bonchev–Trinajstić information content (AvgIpc) is 2.72. The largest absolute Gasteiger partial charge is 0.491 e. The third-order valence-electron chi connectivity index (χ3n) is 4.43. The van der Waals surface area contributed by atoms with Crippen LogP contribution in [0.2, 0.25) is 0 Å². The van der Waals surface area contributed by atoms with Crippen LogP contribution < -0.4 is 15.4 Å². The Bertz CT molecular complexity index is 712. The van der Waals surface area contributed by atoms with Gasteiger partial charge in [0.15, 0.2) is 0 Å². The zero-order valence-corrected chi connectivity index (χ0v) is 17.6. The average molecular weight is 421 g/mol. The van der Waals surface area contributed by atoms with Crippen molar-refractivity contribution < 1.29 is 28.6 Å². The van der Waals surface area contributed by atoms with Crippen LogP contribution in [-0.4, -0.2) is 74.8 Å². The van der Waals surface area contributed by atoms with Gasteiger partial charge in [-0.1, -0.05) is 13.0 Å². The van der Waals surface area contributed by atoms with Gasteiger partial charge in [0.25, 0.3) is 0 Å². The number of esters is 1. The quantitative estimate of drug-likeness (QED) is 0.386. The van der Waals surface area contributed by atoms with Gasteiger partial charge in [-0.2, -0.15) is 0 Å². The van der Waals surface area contributed by atoms with Gasteiger partial charge in [-0.25, -0.2) is 0 Å². The van der Waals surface area contributed by atoms with Crippen molar-refractivity contribution in [2.45, 2.75) is 32.7 Å². The number of piperazine rings is 1. The number of anilines is 1. The molecule has 0 spiro atoms. The molecule has 0 bridgehead atoms. The molecular weight excluding hydrogens is 390 g/mol. The molecule has 2 N–H and O–H groups in total. The zero-order valence-electron chi connectivity index (χ0n) is 17.6. The van der Waals surface area contributed by atoms with Gasteiger partial charge < -0.3 is 24.8 Å². The maximum absolute atomic E-state index is 12.5. The number of rotatable bonds is 12. The van der Waals surface area contributed by atoms with Crippen LogP contribution in [0.1, 0.15) is 26.7 Å². The van der Waals surface area contributed by atoms with Gasteiger partial charge in [0.05, 0.1) is 26.2 Å². The van der Waals surface area contributed by atoms with Crippen LogP contribution in [-0.2, 0) is 23.9 Å². The third-order valence-corrected chi connectivity index (χ3v) is 4.43. The molecule has 30 heavy (non-hydrogen) atoms. The molecule has 1 aliphatic heterocycles. The van der Waals surface area contributed by atoms with Crippen molar-refractivity contribution in [3.05, 3.63) is 24.3 Å². The Morgan fingerprint density at radius 1 is 1.23 bits per heavy atom. The Hall–Kier alpha value is -2.65. The number of hydrogen-bond donors (Lipinski definition) is 2. The van der Waals surface area contributed by atoms with E-state index in [9.17, 15) is 14.4 Å². The Balaban J connectivity index is 1.90. The predicted molar refractivity (Wildman–Crippen MR) is 111 cm³/mol. The van der Waals surface area contributed by atoms with E-state index in [1.165, 1.54) is 0 Å². The van der Waals surface area contributed by atoms with Crippen LogP contribution >= 0.6 is 0 Å². The smallest absolute Gasteiger partial charge is 0.307 e. The van der Waals surface area contributed by atoms with Crippen LogP contribution in [0.3, 0.4) is 0 Å². The molecule has 1 aromatic rings. The van der Waals surface area contributed by atoms with E-state index in [-0.39, 0.29) is 24.8 Å². The fourth-order valence-electron chi connectivity index (χ4n) is 3.02. The lowest BCUT2D eigenvalue weighted by atomic mass is 10.1. The Morgan fingerprint density at radius 3 is 2.83 bits per heavy atom. The SMILES string of the molecule is CCCOC(=O)CC1C(=O)NCCN1CC(=O)Nc1cccc(OCCOCC)c1. The molecule has 1 heterocycles. The maximum atomic E-state index is 12.5. The predicted octanol–water partition coefficient (Wildman–Crippen LogP) is 1.18. The number of ether oxygens (including phenoxy) is 3. The van der Waals surface area contributed by atoms with Crippen molar-refractivity contribution >= 4 is 23.5 Å². The van der Waals surface area contributed by atoms with Crippen LogP contribution in [0.4, 0.5) is 5.69 Å². The van der Waals surface area contributed by atoms with E-state index in [0.29, 0.717) is 57.4 Å². The van der Waals surface area contributed by atoms with Gasteiger partial charge >= 0.3 is 5.97 Å². The molecule has 1 aromatic carbocycles. The molecule has 9 heteroatoms. The van der Waals surface area contributed by atoms with E-state index in [0.717, 1.165) is 0 Å². The summed E-state index contributed by atoms with van der Waals surface area (Å²) in [6.45, 7) is 6.57. The fraction of sp³-hybridized carbons (Fsp3) is 0.571. The van der Waals surface area contributed by atoms with E-state index in [1.54, 1.807) is 29.2 Å². The Morgan fingerprint density at radius 2 is 2.07 bits per heavy atom. The second-order valence-corrected chi connectivity index (χ2v) is 6.82. The number of carbonyl (C=O) groups excluding carboxylic acids is 3. The normalized spacial score (nSPS) is 16.6. The highest BCUT2D eigenvalue weighted by Crippen LogP contribution is 2.18. The number of nitrogens with zero attached hydrogens (tertiary/aromatic N) is 1. The summed E-state index contributed by atoms with van der Waals surface area (Å²) in [5, 5.41) is 5.55. The molecular formula is C21H31N3O6. The minimum absolute atomic E-state index is 0.00539. The number of hydrogen-bond acceptors (Lipinski definition) is 7. The standard InChI is InChI=1S/C21H31N3O6/c1-3-10-30-20(26)14-18-21(27)22-8-9-24(18)15-19(25)23-16-6-5-7-17(13-16)29-12-11-28-4-2/h5-7,13,18H,3-4,8-12,14-15H2,1-2H3,(H,22,27)(H,23,25). The lowest BCUT2D eigenvalue weighted by molar-refractivity contribution is -0.148. The fourth-order valence-corrected chi connectivity index (χ4v) is 3.02. The summed E-state index contributed by atoms with van der Waals surface area (Å²) in [7, 11) is 0. The van der Waals surface area contributed by atoms with E-state index in [4.69, 9.17) is 14.2 Å². The van der Waals surface area contributed by atoms with Crippen molar-refractivity contribution in [1.82, 2.24) is 10.2 Å². The highest BCUT2D eigenvalue weighted by Gasteiger charge is 2.33. The van der Waals surface area contributed by atoms with Crippen LogP contribution in [0.15, 0.2) is 24.3 Å². The van der Waals surface area contributed by atoms with Gasteiger partial charge in [-0.3, -0.25) is 19.3 Å². The maximum Gasteiger partial charge on any atom is 0.307 e. The summed E-state index contributed by atoms with van der Waals surface area (Å²) in [5.74, 6) is -0.363. The second-order valence-electron chi connectivity index (χ2n) is 6.82. The number of nitrogens with one attached hydrogen (secondary N) is 2. The van der Waals surface area contributed by atoms with Crippen LogP contribution in [0.25, 0.3) is 0 Å². The van der Waals surface area contributed by atoms with Crippen molar-refractivity contribution in [3.8, 4) is 5.75 Å². The molecule has 1 unspecified atom stereocenters. The Labute approximate surface area is 177 Å². The number of carbonyl (C=O) groups is 3. The van der Waals surface area contributed by atoms with Crippen LogP contribution in [0.5, 0.6) is 5.75 Å². The topological polar surface area (TPSA) is 106 Å². The molecule has 166 valence electrons. The zero-order chi connectivity index (χ0) is 21.8. The minimum atomic E-state index is -0.720. The Kier molecular flexibility index (Phi) is 10.1. The molecule has 1 aliphatic rings. The number of benzene rings is 1. The first-order valence-electron chi connectivity index (χ1n) is 10.3. The summed E-state index contributed by atoms with van der Waals surface area (Å²) in [6, 6.07) is 6.35. The molecule has 1 saturated heterocycles. The summed E-state index contributed by atoms with van der Waals surface area (Å²) in [6.07, 6.45) is 0.630. The second kappa shape index (κ2) is 12.8. The minimum Gasteiger partial charge on any atom is -0.491 e. The van der Waals surface area contributed by atoms with E-state index < -0.39 is 12.0 Å². The van der Waals surface area contributed by atoms with E-state index >= 15 is 0 Å². The lowest BCUT2D eigenvalue weighted by Crippen LogP contribution is -2.57. The first-order chi connectivity index (χ1) is 14.5. The molecule has 0 saturated carbocycles. The summed E-state index contributed by atoms with van der Waals surface area (Å²) in [5.41, 5.74) is 0.592. The van der Waals surface area contributed by atoms with Gasteiger partial charge in [0.1, 0.15) is 18.4 Å². The van der Waals surface area contributed by atoms with Gasteiger partial charge in [-0.05, 0) is 25.5 Å². The van der Waals surface area contributed by atoms with Gasteiger partial charge in [-0.15, -0.1) is 0 Å². The van der Waals surface area contributed by atoms with E-state index in [2.05, 4.69) is 10.6 Å². The molecule has 1 atom stereocenters. The van der Waals surface area contributed by atoms with E-state index in [1.807, 2.05) is 13.8 Å². The molecule has 9 nitrogen and oxygen atoms in total. The van der Waals surface area contributed by atoms with Crippen molar-refractivity contribution in [2.24, 2.45) is 0 Å². The van der Waals surface area contributed by atoms with Crippen molar-refractivity contribution in [1.29, 1.82) is 0 Å². The highest BCUT2D eigenvalue weighted by atomic mass is 16.5. The molecule has 2 amide bonds. The first-order valence-corrected chi connectivity index (χ1v) is 10.3.